The first-order valence-corrected chi connectivity index (χ1v) is 5.33. The van der Waals surface area contributed by atoms with Gasteiger partial charge >= 0.3 is 0 Å². The fraction of sp³-hybridized carbons (Fsp3) is 0.636. The van der Waals surface area contributed by atoms with Crippen LogP contribution in [0.2, 0.25) is 0 Å². The second kappa shape index (κ2) is 4.57. The van der Waals surface area contributed by atoms with E-state index in [1.54, 1.807) is 6.33 Å². The number of nitrogens with zero attached hydrogens (tertiary/aromatic N) is 3. The molecule has 1 aromatic heterocycles. The van der Waals surface area contributed by atoms with Gasteiger partial charge in [0, 0.05) is 37.9 Å². The molecule has 1 aliphatic heterocycles. The first-order chi connectivity index (χ1) is 7.25. The Balaban J connectivity index is 1.97. The zero-order chi connectivity index (χ0) is 10.7. The van der Waals surface area contributed by atoms with Crippen LogP contribution in [-0.4, -0.2) is 36.8 Å². The van der Waals surface area contributed by atoms with Gasteiger partial charge in [-0.05, 0) is 13.3 Å². The molecule has 1 atom stereocenters. The molecule has 0 bridgehead atoms. The molecule has 4 nitrogen and oxygen atoms in total. The molecular weight excluding hydrogens is 190 g/mol. The molecule has 2 rings (SSSR count). The highest BCUT2D eigenvalue weighted by Crippen LogP contribution is 2.16. The molecule has 0 amide bonds. The van der Waals surface area contributed by atoms with Gasteiger partial charge < -0.3 is 9.64 Å². The summed E-state index contributed by atoms with van der Waals surface area (Å²) in [6, 6.07) is 2.01. The van der Waals surface area contributed by atoms with E-state index in [1.807, 2.05) is 13.0 Å². The van der Waals surface area contributed by atoms with Gasteiger partial charge in [0.2, 0.25) is 0 Å². The SMILES string of the molecule is Cc1cc(N(C)CC2CCOC2)ncn1. The number of aromatic nitrogens is 2. The first kappa shape index (κ1) is 10.4. The molecule has 1 aliphatic rings. The molecule has 0 saturated carbocycles. The van der Waals surface area contributed by atoms with Crippen LogP contribution in [0.1, 0.15) is 12.1 Å². The van der Waals surface area contributed by atoms with E-state index in [-0.39, 0.29) is 0 Å². The second-order valence-electron chi connectivity index (χ2n) is 4.13. The maximum Gasteiger partial charge on any atom is 0.131 e. The summed E-state index contributed by atoms with van der Waals surface area (Å²) >= 11 is 0. The Kier molecular flexibility index (Phi) is 3.16. The molecule has 0 N–H and O–H groups in total. The van der Waals surface area contributed by atoms with Crippen LogP contribution in [0.25, 0.3) is 0 Å². The van der Waals surface area contributed by atoms with Crippen molar-refractivity contribution in [2.24, 2.45) is 5.92 Å². The number of anilines is 1. The van der Waals surface area contributed by atoms with E-state index in [0.717, 1.165) is 37.7 Å². The molecule has 15 heavy (non-hydrogen) atoms. The highest BCUT2D eigenvalue weighted by atomic mass is 16.5. The fourth-order valence-corrected chi connectivity index (χ4v) is 1.86. The van der Waals surface area contributed by atoms with Crippen molar-refractivity contribution in [1.82, 2.24) is 9.97 Å². The van der Waals surface area contributed by atoms with Crippen LogP contribution in [0, 0.1) is 12.8 Å². The van der Waals surface area contributed by atoms with Gasteiger partial charge in [0.25, 0.3) is 0 Å². The summed E-state index contributed by atoms with van der Waals surface area (Å²) in [5, 5.41) is 0. The predicted octanol–water partition coefficient (Wildman–Crippen LogP) is 1.26. The van der Waals surface area contributed by atoms with E-state index in [9.17, 15) is 0 Å². The summed E-state index contributed by atoms with van der Waals surface area (Å²) in [5.41, 5.74) is 1.01. The van der Waals surface area contributed by atoms with E-state index < -0.39 is 0 Å². The van der Waals surface area contributed by atoms with Gasteiger partial charge in [-0.1, -0.05) is 0 Å². The van der Waals surface area contributed by atoms with Crippen molar-refractivity contribution >= 4 is 5.82 Å². The zero-order valence-corrected chi connectivity index (χ0v) is 9.31. The number of aryl methyl sites for hydroxylation is 1. The van der Waals surface area contributed by atoms with Crippen LogP contribution < -0.4 is 4.90 Å². The summed E-state index contributed by atoms with van der Waals surface area (Å²) < 4.78 is 5.36. The number of rotatable bonds is 3. The van der Waals surface area contributed by atoms with Gasteiger partial charge in [-0.3, -0.25) is 0 Å². The highest BCUT2D eigenvalue weighted by molar-refractivity contribution is 5.37. The minimum Gasteiger partial charge on any atom is -0.381 e. The smallest absolute Gasteiger partial charge is 0.131 e. The molecule has 0 spiro atoms. The molecule has 2 heterocycles. The number of ether oxygens (including phenoxy) is 1. The van der Waals surface area contributed by atoms with Gasteiger partial charge in [-0.15, -0.1) is 0 Å². The summed E-state index contributed by atoms with van der Waals surface area (Å²) in [5.74, 6) is 1.64. The lowest BCUT2D eigenvalue weighted by atomic mass is 10.1. The molecule has 82 valence electrons. The van der Waals surface area contributed by atoms with E-state index in [4.69, 9.17) is 4.74 Å². The minimum absolute atomic E-state index is 0.644. The van der Waals surface area contributed by atoms with Crippen LogP contribution in [0.3, 0.4) is 0 Å². The van der Waals surface area contributed by atoms with Crippen molar-refractivity contribution in [1.29, 1.82) is 0 Å². The average Bonchev–Trinajstić information content (AvgIpc) is 2.70. The van der Waals surface area contributed by atoms with Gasteiger partial charge in [-0.2, -0.15) is 0 Å². The molecule has 1 fully saturated rings. The van der Waals surface area contributed by atoms with Gasteiger partial charge in [0.05, 0.1) is 6.61 Å². The van der Waals surface area contributed by atoms with Crippen LogP contribution >= 0.6 is 0 Å². The lowest BCUT2D eigenvalue weighted by Crippen LogP contribution is -2.26. The Morgan fingerprint density at radius 2 is 2.40 bits per heavy atom. The van der Waals surface area contributed by atoms with Crippen molar-refractivity contribution in [2.45, 2.75) is 13.3 Å². The third-order valence-corrected chi connectivity index (χ3v) is 2.74. The van der Waals surface area contributed by atoms with E-state index in [2.05, 4.69) is 21.9 Å². The monoisotopic (exact) mass is 207 g/mol. The highest BCUT2D eigenvalue weighted by Gasteiger charge is 2.18. The summed E-state index contributed by atoms with van der Waals surface area (Å²) in [6.07, 6.45) is 2.78. The second-order valence-corrected chi connectivity index (χ2v) is 4.13. The average molecular weight is 207 g/mol. The molecule has 0 aliphatic carbocycles. The lowest BCUT2D eigenvalue weighted by molar-refractivity contribution is 0.186. The summed E-state index contributed by atoms with van der Waals surface area (Å²) in [6.45, 7) is 4.78. The maximum atomic E-state index is 5.36. The third-order valence-electron chi connectivity index (χ3n) is 2.74. The molecule has 0 radical (unpaired) electrons. The molecular formula is C11H17N3O. The van der Waals surface area contributed by atoms with E-state index in [0.29, 0.717) is 5.92 Å². The van der Waals surface area contributed by atoms with Crippen LogP contribution in [0.15, 0.2) is 12.4 Å². The molecule has 1 saturated heterocycles. The Hall–Kier alpha value is -1.16. The zero-order valence-electron chi connectivity index (χ0n) is 9.31. The van der Waals surface area contributed by atoms with Gasteiger partial charge in [-0.25, -0.2) is 9.97 Å². The van der Waals surface area contributed by atoms with Crippen molar-refractivity contribution in [3.8, 4) is 0 Å². The Labute approximate surface area is 90.3 Å². The van der Waals surface area contributed by atoms with Crippen molar-refractivity contribution in [3.63, 3.8) is 0 Å². The summed E-state index contributed by atoms with van der Waals surface area (Å²) in [4.78, 5) is 10.5. The van der Waals surface area contributed by atoms with Gasteiger partial charge in [0.15, 0.2) is 0 Å². The third kappa shape index (κ3) is 2.65. The quantitative estimate of drug-likeness (QED) is 0.748. The van der Waals surface area contributed by atoms with E-state index in [1.165, 1.54) is 0 Å². The normalized spacial score (nSPS) is 20.5. The van der Waals surface area contributed by atoms with Crippen molar-refractivity contribution < 1.29 is 4.74 Å². The molecule has 1 unspecified atom stereocenters. The number of hydrogen-bond acceptors (Lipinski definition) is 4. The Morgan fingerprint density at radius 3 is 3.07 bits per heavy atom. The number of hydrogen-bond donors (Lipinski definition) is 0. The van der Waals surface area contributed by atoms with Crippen LogP contribution in [0.5, 0.6) is 0 Å². The minimum atomic E-state index is 0.644. The topological polar surface area (TPSA) is 38.2 Å². The molecule has 4 heteroatoms. The Bertz CT molecular complexity index is 323. The largest absolute Gasteiger partial charge is 0.381 e. The fourth-order valence-electron chi connectivity index (χ4n) is 1.86. The molecule has 1 aromatic rings. The maximum absolute atomic E-state index is 5.36. The van der Waals surface area contributed by atoms with E-state index >= 15 is 0 Å². The van der Waals surface area contributed by atoms with Crippen molar-refractivity contribution in [2.75, 3.05) is 31.7 Å². The predicted molar refractivity (Wildman–Crippen MR) is 59.0 cm³/mol. The van der Waals surface area contributed by atoms with Gasteiger partial charge in [0.1, 0.15) is 12.1 Å². The van der Waals surface area contributed by atoms with Crippen LogP contribution in [-0.2, 0) is 4.74 Å². The first-order valence-electron chi connectivity index (χ1n) is 5.33. The Morgan fingerprint density at radius 1 is 1.53 bits per heavy atom. The summed E-state index contributed by atoms with van der Waals surface area (Å²) in [7, 11) is 2.07. The van der Waals surface area contributed by atoms with Crippen molar-refractivity contribution in [3.05, 3.63) is 18.1 Å². The standard InChI is InChI=1S/C11H17N3O/c1-9-5-11(13-8-12-9)14(2)6-10-3-4-15-7-10/h5,8,10H,3-4,6-7H2,1-2H3. The molecule has 0 aromatic carbocycles. The van der Waals surface area contributed by atoms with Crippen LogP contribution in [0.4, 0.5) is 5.82 Å². The lowest BCUT2D eigenvalue weighted by Gasteiger charge is -2.21.